The summed E-state index contributed by atoms with van der Waals surface area (Å²) in [7, 11) is 0. The molecule has 29 heavy (non-hydrogen) atoms. The fourth-order valence-electron chi connectivity index (χ4n) is 3.12. The van der Waals surface area contributed by atoms with Crippen LogP contribution in [0.2, 0.25) is 0 Å². The average Bonchev–Trinajstić information content (AvgIpc) is 3.15. The Morgan fingerprint density at radius 1 is 0.931 bits per heavy atom. The first-order valence-corrected chi connectivity index (χ1v) is 9.31. The van der Waals surface area contributed by atoms with Gasteiger partial charge in [0.15, 0.2) is 11.6 Å². The minimum Gasteiger partial charge on any atom is -0.424 e. The second-order valence-electron chi connectivity index (χ2n) is 7.42. The number of nitrogens with zero attached hydrogens (tertiary/aromatic N) is 4. The van der Waals surface area contributed by atoms with Crippen LogP contribution in [0.25, 0.3) is 5.82 Å². The van der Waals surface area contributed by atoms with E-state index in [1.165, 1.54) is 27.6 Å². The number of aromatic nitrogens is 4. The van der Waals surface area contributed by atoms with Crippen LogP contribution in [0.15, 0.2) is 73.2 Å². The topological polar surface area (TPSA) is 52.8 Å². The third kappa shape index (κ3) is 4.01. The Morgan fingerprint density at radius 2 is 1.59 bits per heavy atom. The Morgan fingerprint density at radius 3 is 2.21 bits per heavy atom. The molecule has 4 rings (SSSR count). The number of rotatable bonds is 5. The highest BCUT2D eigenvalue weighted by Crippen LogP contribution is 2.33. The summed E-state index contributed by atoms with van der Waals surface area (Å²) in [4.78, 5) is 8.40. The van der Waals surface area contributed by atoms with E-state index in [0.29, 0.717) is 11.6 Å². The monoisotopic (exact) mass is 388 g/mol. The molecule has 146 valence electrons. The number of benzene rings is 2. The fourth-order valence-corrected chi connectivity index (χ4v) is 3.12. The molecule has 0 aliphatic rings. The van der Waals surface area contributed by atoms with E-state index in [1.807, 2.05) is 24.3 Å². The van der Waals surface area contributed by atoms with Gasteiger partial charge in [-0.05, 0) is 30.2 Å². The molecule has 5 nitrogen and oxygen atoms in total. The van der Waals surface area contributed by atoms with Gasteiger partial charge in [-0.25, -0.2) is 14.1 Å². The van der Waals surface area contributed by atoms with Gasteiger partial charge in [0.25, 0.3) is 0 Å². The largest absolute Gasteiger partial charge is 0.424 e. The first-order valence-electron chi connectivity index (χ1n) is 9.31. The zero-order valence-corrected chi connectivity index (χ0v) is 16.5. The summed E-state index contributed by atoms with van der Waals surface area (Å²) in [6, 6.07) is 18.3. The Hall–Kier alpha value is -3.54. The van der Waals surface area contributed by atoms with Gasteiger partial charge in [-0.3, -0.25) is 0 Å². The highest BCUT2D eigenvalue weighted by atomic mass is 19.1. The van der Waals surface area contributed by atoms with Crippen molar-refractivity contribution in [3.05, 3.63) is 95.7 Å². The summed E-state index contributed by atoms with van der Waals surface area (Å²) >= 11 is 0. The second-order valence-corrected chi connectivity index (χ2v) is 7.42. The molecule has 0 N–H and O–H groups in total. The van der Waals surface area contributed by atoms with Crippen molar-refractivity contribution in [1.82, 2.24) is 19.7 Å². The van der Waals surface area contributed by atoms with Crippen LogP contribution in [0.5, 0.6) is 11.8 Å². The third-order valence-electron chi connectivity index (χ3n) is 4.96. The van der Waals surface area contributed by atoms with Gasteiger partial charge in [0, 0.05) is 17.7 Å². The van der Waals surface area contributed by atoms with Crippen molar-refractivity contribution in [1.29, 1.82) is 0 Å². The van der Waals surface area contributed by atoms with Gasteiger partial charge in [-0.15, -0.1) is 0 Å². The van der Waals surface area contributed by atoms with E-state index in [4.69, 9.17) is 4.74 Å². The van der Waals surface area contributed by atoms with Crippen LogP contribution >= 0.6 is 0 Å². The lowest BCUT2D eigenvalue weighted by atomic mass is 9.78. The van der Waals surface area contributed by atoms with Crippen molar-refractivity contribution in [3.63, 3.8) is 0 Å². The summed E-state index contributed by atoms with van der Waals surface area (Å²) in [5, 5.41) is 3.90. The van der Waals surface area contributed by atoms with Crippen LogP contribution < -0.4 is 4.74 Å². The van der Waals surface area contributed by atoms with Gasteiger partial charge in [-0.1, -0.05) is 55.8 Å². The van der Waals surface area contributed by atoms with Crippen LogP contribution in [0.3, 0.4) is 0 Å². The van der Waals surface area contributed by atoms with Crippen LogP contribution in [0.1, 0.15) is 30.5 Å². The smallest absolute Gasteiger partial charge is 0.323 e. The zero-order valence-electron chi connectivity index (χ0n) is 16.5. The van der Waals surface area contributed by atoms with Crippen molar-refractivity contribution in [2.45, 2.75) is 26.2 Å². The van der Waals surface area contributed by atoms with Crippen LogP contribution in [-0.4, -0.2) is 19.7 Å². The molecule has 0 radical (unpaired) electrons. The average molecular weight is 388 g/mol. The summed E-state index contributed by atoms with van der Waals surface area (Å²) in [5.41, 5.74) is 3.54. The molecular formula is C23H21FN4O. The molecule has 2 aromatic carbocycles. The lowest BCUT2D eigenvalue weighted by molar-refractivity contribution is 0.439. The van der Waals surface area contributed by atoms with Crippen molar-refractivity contribution in [2.75, 3.05) is 0 Å². The van der Waals surface area contributed by atoms with E-state index < -0.39 is 5.82 Å². The molecule has 6 heteroatoms. The van der Waals surface area contributed by atoms with E-state index in [9.17, 15) is 4.39 Å². The SMILES string of the molecule is Cc1ccc(C(C)(C)c2ccc(Oc3nccc(-n4cc(F)cn4)n3)cc2)cc1. The zero-order chi connectivity index (χ0) is 20.4. The second kappa shape index (κ2) is 7.47. The molecular weight excluding hydrogens is 367 g/mol. The lowest BCUT2D eigenvalue weighted by Crippen LogP contribution is -2.18. The summed E-state index contributed by atoms with van der Waals surface area (Å²) in [6.07, 6.45) is 3.91. The highest BCUT2D eigenvalue weighted by Gasteiger charge is 2.23. The summed E-state index contributed by atoms with van der Waals surface area (Å²) < 4.78 is 20.3. The molecule has 0 amide bonds. The van der Waals surface area contributed by atoms with Crippen LogP contribution in [0.4, 0.5) is 4.39 Å². The minimum atomic E-state index is -0.433. The summed E-state index contributed by atoms with van der Waals surface area (Å²) in [6.45, 7) is 6.48. The van der Waals surface area contributed by atoms with Gasteiger partial charge in [-0.2, -0.15) is 10.1 Å². The number of hydrogen-bond acceptors (Lipinski definition) is 4. The molecule has 0 unspecified atom stereocenters. The van der Waals surface area contributed by atoms with Gasteiger partial charge < -0.3 is 4.74 Å². The Balaban J connectivity index is 1.53. The summed E-state index contributed by atoms with van der Waals surface area (Å²) in [5.74, 6) is 0.617. The van der Waals surface area contributed by atoms with E-state index in [0.717, 1.165) is 6.20 Å². The Kier molecular flexibility index (Phi) is 4.84. The molecule has 2 heterocycles. The molecule has 0 saturated heterocycles. The minimum absolute atomic E-state index is 0.132. The quantitative estimate of drug-likeness (QED) is 0.470. The highest BCUT2D eigenvalue weighted by molar-refractivity contribution is 5.41. The number of halogens is 1. The Bertz CT molecular complexity index is 1120. The van der Waals surface area contributed by atoms with Crippen molar-refractivity contribution in [2.24, 2.45) is 0 Å². The van der Waals surface area contributed by atoms with Gasteiger partial charge in [0.1, 0.15) is 5.75 Å². The van der Waals surface area contributed by atoms with Crippen LogP contribution in [-0.2, 0) is 5.41 Å². The molecule has 4 aromatic rings. The van der Waals surface area contributed by atoms with Crippen LogP contribution in [0, 0.1) is 12.7 Å². The molecule has 0 spiro atoms. The molecule has 0 aliphatic heterocycles. The van der Waals surface area contributed by atoms with E-state index in [1.54, 1.807) is 12.3 Å². The van der Waals surface area contributed by atoms with Crippen molar-refractivity contribution >= 4 is 0 Å². The third-order valence-corrected chi connectivity index (χ3v) is 4.96. The number of ether oxygens (including phenoxy) is 1. The first kappa shape index (κ1) is 18.8. The predicted octanol–water partition coefficient (Wildman–Crippen LogP) is 5.23. The van der Waals surface area contributed by atoms with E-state index in [2.05, 4.69) is 60.1 Å². The van der Waals surface area contributed by atoms with Gasteiger partial charge in [0.2, 0.25) is 0 Å². The number of hydrogen-bond donors (Lipinski definition) is 0. The van der Waals surface area contributed by atoms with Gasteiger partial charge >= 0.3 is 6.01 Å². The molecule has 0 bridgehead atoms. The standard InChI is InChI=1S/C23H21FN4O/c1-16-4-6-17(7-5-16)23(2,3)18-8-10-20(11-9-18)29-22-25-13-12-21(27-22)28-15-19(24)14-26-28/h4-15H,1-3H3. The van der Waals surface area contributed by atoms with E-state index in [-0.39, 0.29) is 11.4 Å². The Labute approximate surface area is 168 Å². The normalized spacial score (nSPS) is 11.4. The predicted molar refractivity (Wildman–Crippen MR) is 109 cm³/mol. The van der Waals surface area contributed by atoms with E-state index >= 15 is 0 Å². The molecule has 0 aliphatic carbocycles. The first-order chi connectivity index (χ1) is 13.9. The molecule has 0 saturated carbocycles. The van der Waals surface area contributed by atoms with Gasteiger partial charge in [0.05, 0.1) is 12.4 Å². The molecule has 2 aromatic heterocycles. The fraction of sp³-hybridized carbons (Fsp3) is 0.174. The molecule has 0 atom stereocenters. The number of aryl methyl sites for hydroxylation is 1. The maximum absolute atomic E-state index is 13.2. The van der Waals surface area contributed by atoms with Crippen molar-refractivity contribution in [3.8, 4) is 17.6 Å². The lowest BCUT2D eigenvalue weighted by Gasteiger charge is -2.26. The maximum atomic E-state index is 13.2. The van der Waals surface area contributed by atoms with Crippen molar-refractivity contribution < 1.29 is 9.13 Å². The molecule has 0 fully saturated rings. The maximum Gasteiger partial charge on any atom is 0.323 e.